The number of hydrogen-bond donors (Lipinski definition) is 1. The molecule has 0 unspecified atom stereocenters. The molecule has 174 valence electrons. The number of ether oxygens (including phenoxy) is 1. The first kappa shape index (κ1) is 22.1. The Labute approximate surface area is 198 Å². The van der Waals surface area contributed by atoms with Gasteiger partial charge < -0.3 is 19.5 Å². The van der Waals surface area contributed by atoms with Crippen molar-refractivity contribution in [2.45, 2.75) is 13.3 Å². The lowest BCUT2D eigenvalue weighted by atomic mass is 9.99. The molecular weight excluding hydrogens is 431 g/mol. The smallest absolute Gasteiger partial charge is 0.256 e. The molecule has 1 amide bonds. The number of piperazine rings is 1. The van der Waals surface area contributed by atoms with Crippen LogP contribution < -0.4 is 10.1 Å². The second kappa shape index (κ2) is 9.27. The summed E-state index contributed by atoms with van der Waals surface area (Å²) < 4.78 is 21.9. The fourth-order valence-electron chi connectivity index (χ4n) is 4.66. The largest absolute Gasteiger partial charge is 0.481 e. The van der Waals surface area contributed by atoms with Crippen LogP contribution in [-0.4, -0.2) is 53.6 Å². The molecule has 4 aromatic rings. The van der Waals surface area contributed by atoms with Crippen molar-refractivity contribution in [3.63, 3.8) is 0 Å². The lowest BCUT2D eigenvalue weighted by Gasteiger charge is -2.28. The van der Waals surface area contributed by atoms with Crippen LogP contribution >= 0.6 is 0 Å². The molecule has 6 nitrogen and oxygen atoms in total. The molecule has 34 heavy (non-hydrogen) atoms. The Morgan fingerprint density at radius 1 is 1.12 bits per heavy atom. The number of amides is 1. The van der Waals surface area contributed by atoms with Crippen molar-refractivity contribution in [2.75, 3.05) is 33.3 Å². The maximum atomic E-state index is 14.4. The summed E-state index contributed by atoms with van der Waals surface area (Å²) >= 11 is 0. The summed E-state index contributed by atoms with van der Waals surface area (Å²) in [6, 6.07) is 16.8. The van der Waals surface area contributed by atoms with E-state index in [1.165, 1.54) is 6.07 Å². The van der Waals surface area contributed by atoms with Crippen LogP contribution in [0.5, 0.6) is 5.88 Å². The van der Waals surface area contributed by atoms with E-state index < -0.39 is 0 Å². The van der Waals surface area contributed by atoms with E-state index in [-0.39, 0.29) is 11.7 Å². The number of aromatic nitrogens is 2. The Morgan fingerprint density at radius 2 is 1.88 bits per heavy atom. The minimum atomic E-state index is -0.252. The predicted molar refractivity (Wildman–Crippen MR) is 130 cm³/mol. The summed E-state index contributed by atoms with van der Waals surface area (Å²) in [5.74, 6) is 0.164. The maximum absolute atomic E-state index is 14.4. The van der Waals surface area contributed by atoms with Crippen LogP contribution in [0, 0.1) is 12.7 Å². The van der Waals surface area contributed by atoms with Gasteiger partial charge >= 0.3 is 0 Å². The molecule has 0 spiro atoms. The van der Waals surface area contributed by atoms with E-state index >= 15 is 0 Å². The molecule has 0 atom stereocenters. The molecule has 1 aliphatic rings. The molecule has 7 heteroatoms. The van der Waals surface area contributed by atoms with E-state index in [1.807, 2.05) is 47.4 Å². The average Bonchev–Trinajstić information content (AvgIpc) is 3.20. The molecule has 1 saturated heterocycles. The highest BCUT2D eigenvalue weighted by Crippen LogP contribution is 2.34. The summed E-state index contributed by atoms with van der Waals surface area (Å²) in [5.41, 5.74) is 4.59. The van der Waals surface area contributed by atoms with Gasteiger partial charge in [0.2, 0.25) is 5.88 Å². The molecule has 1 aliphatic heterocycles. The van der Waals surface area contributed by atoms with E-state index in [0.29, 0.717) is 36.5 Å². The van der Waals surface area contributed by atoms with Gasteiger partial charge in [-0.3, -0.25) is 4.79 Å². The highest BCUT2D eigenvalue weighted by atomic mass is 19.1. The summed E-state index contributed by atoms with van der Waals surface area (Å²) in [5, 5.41) is 4.09. The number of nitrogens with one attached hydrogen (secondary N) is 1. The number of rotatable bonds is 5. The number of halogens is 1. The molecule has 1 N–H and O–H groups in total. The van der Waals surface area contributed by atoms with Crippen LogP contribution in [0.25, 0.3) is 16.6 Å². The van der Waals surface area contributed by atoms with Crippen molar-refractivity contribution in [2.24, 2.45) is 0 Å². The lowest BCUT2D eigenvalue weighted by molar-refractivity contribution is 0.0736. The van der Waals surface area contributed by atoms with Crippen LogP contribution in [0.3, 0.4) is 0 Å². The van der Waals surface area contributed by atoms with E-state index in [9.17, 15) is 9.18 Å². The molecule has 5 rings (SSSR count). The summed E-state index contributed by atoms with van der Waals surface area (Å²) in [6.07, 6.45) is 2.15. The van der Waals surface area contributed by atoms with Gasteiger partial charge in [-0.2, -0.15) is 0 Å². The fourth-order valence-corrected chi connectivity index (χ4v) is 4.66. The van der Waals surface area contributed by atoms with Crippen molar-refractivity contribution >= 4 is 16.8 Å². The molecule has 0 saturated carbocycles. The summed E-state index contributed by atoms with van der Waals surface area (Å²) in [7, 11) is 1.57. The van der Waals surface area contributed by atoms with Crippen molar-refractivity contribution in [1.29, 1.82) is 0 Å². The second-order valence-electron chi connectivity index (χ2n) is 8.48. The zero-order valence-corrected chi connectivity index (χ0v) is 19.3. The zero-order chi connectivity index (χ0) is 23.7. The van der Waals surface area contributed by atoms with E-state index in [0.717, 1.165) is 40.9 Å². The first-order valence-electron chi connectivity index (χ1n) is 11.4. The fraction of sp³-hybridized carbons (Fsp3) is 0.259. The third-order valence-corrected chi connectivity index (χ3v) is 6.51. The molecule has 3 heterocycles. The van der Waals surface area contributed by atoms with Gasteiger partial charge in [-0.1, -0.05) is 30.3 Å². The van der Waals surface area contributed by atoms with Gasteiger partial charge in [0, 0.05) is 55.4 Å². The summed E-state index contributed by atoms with van der Waals surface area (Å²) in [4.78, 5) is 20.3. The lowest BCUT2D eigenvalue weighted by Crippen LogP contribution is -2.46. The minimum Gasteiger partial charge on any atom is -0.481 e. The number of methoxy groups -OCH3 is 1. The quantitative estimate of drug-likeness (QED) is 0.489. The molecule has 0 aliphatic carbocycles. The van der Waals surface area contributed by atoms with Crippen LogP contribution in [0.15, 0.2) is 60.8 Å². The number of para-hydroxylation sites is 1. The minimum absolute atomic E-state index is 0.0292. The van der Waals surface area contributed by atoms with Crippen molar-refractivity contribution in [1.82, 2.24) is 19.8 Å². The topological polar surface area (TPSA) is 59.4 Å². The molecular formula is C27H27FN4O2. The van der Waals surface area contributed by atoms with E-state index in [2.05, 4.69) is 14.9 Å². The first-order chi connectivity index (χ1) is 16.6. The second-order valence-corrected chi connectivity index (χ2v) is 8.48. The van der Waals surface area contributed by atoms with Crippen LogP contribution in [-0.2, 0) is 6.42 Å². The van der Waals surface area contributed by atoms with Gasteiger partial charge in [0.25, 0.3) is 5.91 Å². The standard InChI is InChI=1S/C27H27FN4O2/c1-18-19(7-6-10-22(18)28)15-23-26(27(33)31-13-11-29-12-14-31)21-16-25(34-2)30-17-24(21)32(23)20-8-4-3-5-9-20/h3-10,16-17,29H,11-15H2,1-2H3. The number of carbonyl (C=O) groups is 1. The SMILES string of the molecule is COc1cc2c(C(=O)N3CCNCC3)c(Cc3cccc(F)c3C)n(-c3ccccc3)c2cn1. The number of carbonyl (C=O) groups excluding carboxylic acids is 1. The van der Waals surface area contributed by atoms with Crippen molar-refractivity contribution in [3.8, 4) is 11.6 Å². The number of benzene rings is 2. The number of pyridine rings is 1. The predicted octanol–water partition coefficient (Wildman–Crippen LogP) is 4.12. The third kappa shape index (κ3) is 3.92. The number of fused-ring (bicyclic) bond motifs is 1. The van der Waals surface area contributed by atoms with Crippen LogP contribution in [0.4, 0.5) is 4.39 Å². The van der Waals surface area contributed by atoms with Crippen LogP contribution in [0.2, 0.25) is 0 Å². The zero-order valence-electron chi connectivity index (χ0n) is 19.3. The van der Waals surface area contributed by atoms with Gasteiger partial charge in [-0.15, -0.1) is 0 Å². The maximum Gasteiger partial charge on any atom is 0.256 e. The molecule has 1 fully saturated rings. The van der Waals surface area contributed by atoms with Crippen LogP contribution in [0.1, 0.15) is 27.2 Å². The monoisotopic (exact) mass is 458 g/mol. The Kier molecular flexibility index (Phi) is 6.02. The van der Waals surface area contributed by atoms with Crippen molar-refractivity contribution in [3.05, 3.63) is 89.0 Å². The average molecular weight is 459 g/mol. The first-order valence-corrected chi connectivity index (χ1v) is 11.4. The molecule has 2 aromatic heterocycles. The number of nitrogens with zero attached hydrogens (tertiary/aromatic N) is 3. The highest BCUT2D eigenvalue weighted by Gasteiger charge is 2.29. The van der Waals surface area contributed by atoms with E-state index in [1.54, 1.807) is 26.3 Å². The Balaban J connectivity index is 1.80. The van der Waals surface area contributed by atoms with Gasteiger partial charge in [0.15, 0.2) is 0 Å². The normalized spacial score (nSPS) is 13.9. The third-order valence-electron chi connectivity index (χ3n) is 6.51. The molecule has 0 radical (unpaired) electrons. The molecule has 2 aromatic carbocycles. The highest BCUT2D eigenvalue weighted by molar-refractivity contribution is 6.09. The van der Waals surface area contributed by atoms with Gasteiger partial charge in [0.1, 0.15) is 5.82 Å². The summed E-state index contributed by atoms with van der Waals surface area (Å²) in [6.45, 7) is 4.57. The number of hydrogen-bond acceptors (Lipinski definition) is 4. The Hall–Kier alpha value is -3.71. The molecule has 0 bridgehead atoms. The van der Waals surface area contributed by atoms with E-state index in [4.69, 9.17) is 4.74 Å². The van der Waals surface area contributed by atoms with Gasteiger partial charge in [-0.05, 0) is 36.2 Å². The van der Waals surface area contributed by atoms with Gasteiger partial charge in [-0.25, -0.2) is 9.37 Å². The Morgan fingerprint density at radius 3 is 2.62 bits per heavy atom. The van der Waals surface area contributed by atoms with Crippen molar-refractivity contribution < 1.29 is 13.9 Å². The van der Waals surface area contributed by atoms with Gasteiger partial charge in [0.05, 0.1) is 24.4 Å². The Bertz CT molecular complexity index is 1340.